The lowest BCUT2D eigenvalue weighted by Crippen LogP contribution is -2.57. The van der Waals surface area contributed by atoms with Crippen LogP contribution < -0.4 is 0 Å². The summed E-state index contributed by atoms with van der Waals surface area (Å²) < 4.78 is 39.6. The summed E-state index contributed by atoms with van der Waals surface area (Å²) in [6.45, 7) is 0.444. The predicted molar refractivity (Wildman–Crippen MR) is 132 cm³/mol. The van der Waals surface area contributed by atoms with E-state index in [0.29, 0.717) is 39.8 Å². The van der Waals surface area contributed by atoms with Crippen LogP contribution in [0, 0.1) is 0 Å². The number of fused-ring (bicyclic) bond motifs is 1. The highest BCUT2D eigenvalue weighted by atomic mass is 35.5. The average Bonchev–Trinajstić information content (AvgIpc) is 3.26. The lowest BCUT2D eigenvalue weighted by molar-refractivity contribution is -0.209. The zero-order valence-corrected chi connectivity index (χ0v) is 20.7. The van der Waals surface area contributed by atoms with Crippen molar-refractivity contribution in [3.05, 3.63) is 98.1 Å². The van der Waals surface area contributed by atoms with Gasteiger partial charge in [0, 0.05) is 34.6 Å². The second-order valence-corrected chi connectivity index (χ2v) is 10.5. The summed E-state index contributed by atoms with van der Waals surface area (Å²) in [6.07, 6.45) is 2.34. The minimum atomic E-state index is -4.51. The first-order valence-electron chi connectivity index (χ1n) is 10.9. The number of Topliss-reactive ketones (excluding diaryl/α,β-unsaturated/α-hetero) is 1. The minimum Gasteiger partial charge on any atom is -0.347 e. The van der Waals surface area contributed by atoms with Gasteiger partial charge in [-0.2, -0.15) is 18.2 Å². The molecular formula is C25H18Cl2F3N3O2S. The van der Waals surface area contributed by atoms with Gasteiger partial charge in [0.1, 0.15) is 12.2 Å². The van der Waals surface area contributed by atoms with Crippen molar-refractivity contribution in [2.75, 3.05) is 6.54 Å². The molecule has 2 aliphatic heterocycles. The molecular weight excluding hydrogens is 534 g/mol. The highest BCUT2D eigenvalue weighted by Gasteiger charge is 2.44. The number of benzene rings is 2. The van der Waals surface area contributed by atoms with Crippen molar-refractivity contribution in [1.29, 1.82) is 0 Å². The topological polar surface area (TPSA) is 56.7 Å². The molecule has 3 heterocycles. The molecule has 0 saturated carbocycles. The van der Waals surface area contributed by atoms with Gasteiger partial charge in [-0.1, -0.05) is 59.6 Å². The molecule has 186 valence electrons. The van der Waals surface area contributed by atoms with Crippen molar-refractivity contribution in [3.8, 4) is 11.1 Å². The fourth-order valence-electron chi connectivity index (χ4n) is 4.48. The Hall–Kier alpha value is -2.69. The lowest BCUT2D eigenvalue weighted by atomic mass is 9.91. The van der Waals surface area contributed by atoms with Gasteiger partial charge in [0.2, 0.25) is 5.78 Å². The number of carbonyl (C=O) groups is 1. The van der Waals surface area contributed by atoms with E-state index in [9.17, 15) is 23.2 Å². The van der Waals surface area contributed by atoms with Crippen LogP contribution in [0.4, 0.5) is 13.2 Å². The molecule has 1 saturated heterocycles. The van der Waals surface area contributed by atoms with E-state index in [0.717, 1.165) is 22.1 Å². The molecule has 2 unspecified atom stereocenters. The number of ketones is 1. The van der Waals surface area contributed by atoms with E-state index in [1.54, 1.807) is 42.6 Å². The van der Waals surface area contributed by atoms with E-state index < -0.39 is 23.9 Å². The number of aromatic nitrogens is 1. The van der Waals surface area contributed by atoms with Crippen LogP contribution in [0.2, 0.25) is 9.49 Å². The molecule has 2 aliphatic rings. The number of hydroxylamine groups is 2. The van der Waals surface area contributed by atoms with Gasteiger partial charge in [-0.05, 0) is 35.4 Å². The van der Waals surface area contributed by atoms with Gasteiger partial charge in [-0.3, -0.25) is 4.79 Å². The molecule has 0 bridgehead atoms. The third-order valence-electron chi connectivity index (χ3n) is 6.15. The van der Waals surface area contributed by atoms with Gasteiger partial charge in [0.05, 0.1) is 11.3 Å². The maximum atomic E-state index is 13.5. The molecule has 3 aromatic rings. The number of allylic oxidation sites excluding steroid dienone is 2. The van der Waals surface area contributed by atoms with Crippen molar-refractivity contribution < 1.29 is 23.2 Å². The maximum Gasteiger partial charge on any atom is 0.416 e. The number of rotatable bonds is 4. The smallest absolute Gasteiger partial charge is 0.347 e. The van der Waals surface area contributed by atoms with Crippen LogP contribution in [0.5, 0.6) is 0 Å². The second-order valence-electron chi connectivity index (χ2n) is 8.36. The van der Waals surface area contributed by atoms with Crippen molar-refractivity contribution in [2.24, 2.45) is 0 Å². The van der Waals surface area contributed by atoms with Crippen molar-refractivity contribution in [1.82, 2.24) is 14.9 Å². The van der Waals surface area contributed by atoms with Gasteiger partial charge in [-0.25, -0.2) is 4.98 Å². The Kier molecular flexibility index (Phi) is 6.69. The molecule has 5 rings (SSSR count). The van der Waals surface area contributed by atoms with Crippen LogP contribution in [0.25, 0.3) is 11.1 Å². The lowest BCUT2D eigenvalue weighted by Gasteiger charge is -2.46. The number of alkyl halides is 3. The first-order chi connectivity index (χ1) is 17.1. The van der Waals surface area contributed by atoms with Crippen LogP contribution in [0.1, 0.15) is 22.0 Å². The predicted octanol–water partition coefficient (Wildman–Crippen LogP) is 6.78. The van der Waals surface area contributed by atoms with Crippen LogP contribution in [-0.4, -0.2) is 38.6 Å². The van der Waals surface area contributed by atoms with Gasteiger partial charge < -0.3 is 10.1 Å². The van der Waals surface area contributed by atoms with Crippen LogP contribution in [0.3, 0.4) is 0 Å². The SMILES string of the molecule is O=C1C2=CC=CCN2C(Cc2cnc(Cl)s2)N(O)C1c1cccc(-c2ccc(C(F)(F)F)cc2Cl)c1. The molecule has 2 aromatic carbocycles. The molecule has 0 aliphatic carbocycles. The number of halogens is 5. The second kappa shape index (κ2) is 9.64. The Labute approximate surface area is 218 Å². The van der Waals surface area contributed by atoms with Gasteiger partial charge in [-0.15, -0.1) is 11.3 Å². The Morgan fingerprint density at radius 1 is 1.17 bits per heavy atom. The largest absolute Gasteiger partial charge is 0.416 e. The summed E-state index contributed by atoms with van der Waals surface area (Å²) in [5.41, 5.74) is 1.01. The van der Waals surface area contributed by atoms with E-state index in [1.165, 1.54) is 17.4 Å². The number of hydrogen-bond acceptors (Lipinski definition) is 6. The summed E-state index contributed by atoms with van der Waals surface area (Å²) in [5.74, 6) is -0.295. The van der Waals surface area contributed by atoms with Crippen molar-refractivity contribution >= 4 is 40.3 Å². The molecule has 5 nitrogen and oxygen atoms in total. The first kappa shape index (κ1) is 25.0. The molecule has 11 heteroatoms. The van der Waals surface area contributed by atoms with Crippen molar-refractivity contribution in [3.63, 3.8) is 0 Å². The third-order valence-corrected chi connectivity index (χ3v) is 7.60. The van der Waals surface area contributed by atoms with E-state index in [4.69, 9.17) is 23.2 Å². The maximum absolute atomic E-state index is 13.5. The quantitative estimate of drug-likeness (QED) is 0.387. The van der Waals surface area contributed by atoms with E-state index >= 15 is 0 Å². The molecule has 1 fully saturated rings. The third kappa shape index (κ3) is 4.69. The molecule has 1 N–H and O–H groups in total. The Morgan fingerprint density at radius 2 is 1.97 bits per heavy atom. The van der Waals surface area contributed by atoms with Crippen LogP contribution >= 0.6 is 34.5 Å². The van der Waals surface area contributed by atoms with E-state index in [2.05, 4.69) is 4.98 Å². The zero-order valence-electron chi connectivity index (χ0n) is 18.4. The summed E-state index contributed by atoms with van der Waals surface area (Å²) in [6, 6.07) is 8.85. The normalized spacial score (nSPS) is 20.4. The Balaban J connectivity index is 1.52. The number of thiazole rings is 1. The summed E-state index contributed by atoms with van der Waals surface area (Å²) >= 11 is 13.5. The Morgan fingerprint density at radius 3 is 2.67 bits per heavy atom. The number of nitrogens with zero attached hydrogens (tertiary/aromatic N) is 3. The van der Waals surface area contributed by atoms with E-state index in [1.807, 2.05) is 11.0 Å². The molecule has 2 atom stereocenters. The fraction of sp³-hybridized carbons (Fsp3) is 0.200. The Bertz CT molecular complexity index is 1390. The van der Waals surface area contributed by atoms with E-state index in [-0.39, 0.29) is 10.8 Å². The number of hydrogen-bond donors (Lipinski definition) is 1. The first-order valence-corrected chi connectivity index (χ1v) is 12.4. The highest BCUT2D eigenvalue weighted by Crippen LogP contribution is 2.40. The molecule has 0 spiro atoms. The summed E-state index contributed by atoms with van der Waals surface area (Å²) in [4.78, 5) is 20.2. The van der Waals surface area contributed by atoms with Crippen molar-refractivity contribution in [2.45, 2.75) is 24.8 Å². The standard InChI is InChI=1S/C25H18Cl2F3N3O2S/c26-19-11-16(25(28,29)30)7-8-18(19)14-4-3-5-15(10-14)22-23(34)20-6-1-2-9-32(20)21(33(22)35)12-17-13-31-24(27)36-17/h1-8,10-11,13,21-22,35H,9,12H2. The minimum absolute atomic E-state index is 0.0657. The molecule has 0 radical (unpaired) electrons. The number of carbonyl (C=O) groups excluding carboxylic acids is 1. The van der Waals surface area contributed by atoms with Crippen LogP contribution in [0.15, 0.2) is 72.6 Å². The van der Waals surface area contributed by atoms with Gasteiger partial charge >= 0.3 is 6.18 Å². The average molecular weight is 552 g/mol. The monoisotopic (exact) mass is 551 g/mol. The van der Waals surface area contributed by atoms with Gasteiger partial charge in [0.15, 0.2) is 4.47 Å². The van der Waals surface area contributed by atoms with Gasteiger partial charge in [0.25, 0.3) is 0 Å². The summed E-state index contributed by atoms with van der Waals surface area (Å²) in [7, 11) is 0. The molecule has 0 amide bonds. The fourth-order valence-corrected chi connectivity index (χ4v) is 5.77. The summed E-state index contributed by atoms with van der Waals surface area (Å²) in [5, 5.41) is 12.3. The zero-order chi connectivity index (χ0) is 25.6. The highest BCUT2D eigenvalue weighted by molar-refractivity contribution is 7.15. The van der Waals surface area contributed by atoms with Crippen LogP contribution in [-0.2, 0) is 17.4 Å². The molecule has 1 aromatic heterocycles. The molecule has 36 heavy (non-hydrogen) atoms.